The first-order valence-corrected chi connectivity index (χ1v) is 8.08. The second kappa shape index (κ2) is 8.37. The highest BCUT2D eigenvalue weighted by molar-refractivity contribution is 5.95. The zero-order chi connectivity index (χ0) is 20.9. The lowest BCUT2D eigenvalue weighted by molar-refractivity contribution is -0.274. The van der Waals surface area contributed by atoms with Gasteiger partial charge in [-0.15, -0.1) is 23.4 Å². The summed E-state index contributed by atoms with van der Waals surface area (Å²) in [6, 6.07) is 13.2. The van der Waals surface area contributed by atoms with E-state index in [2.05, 4.69) is 31.0 Å². The Morgan fingerprint density at radius 2 is 1.69 bits per heavy atom. The number of benzene rings is 2. The molecule has 0 aliphatic carbocycles. The summed E-state index contributed by atoms with van der Waals surface area (Å²) in [6.45, 7) is -0.307. The van der Waals surface area contributed by atoms with Crippen molar-refractivity contribution in [2.24, 2.45) is 0 Å². The topological polar surface area (TPSA) is 111 Å². The number of amides is 2. The molecule has 9 nitrogen and oxygen atoms in total. The molecule has 29 heavy (non-hydrogen) atoms. The Kier molecular flexibility index (Phi) is 5.71. The molecule has 3 rings (SSSR count). The molecule has 0 atom stereocenters. The molecule has 12 heteroatoms. The zero-order valence-corrected chi connectivity index (χ0v) is 14.6. The number of tetrazole rings is 1. The SMILES string of the molecule is O=C(Cn1nnc(-c2ccccc2)n1)NNC(=O)c1ccc(OC(F)(F)F)cc1. The van der Waals surface area contributed by atoms with Crippen molar-refractivity contribution in [3.8, 4) is 17.1 Å². The predicted octanol–water partition coefficient (Wildman–Crippen LogP) is 1.70. The number of hydrogen-bond donors (Lipinski definition) is 2. The maximum Gasteiger partial charge on any atom is 0.573 e. The normalized spacial score (nSPS) is 11.0. The standard InChI is InChI=1S/C17H13F3N6O3/c18-17(19,20)29-13-8-6-12(7-9-13)16(28)23-21-14(27)10-26-24-15(22-25-26)11-4-2-1-3-5-11/h1-9H,10H2,(H,21,27)(H,23,28). The van der Waals surface area contributed by atoms with Crippen molar-refractivity contribution in [2.45, 2.75) is 12.9 Å². The number of aromatic nitrogens is 4. The first-order valence-electron chi connectivity index (χ1n) is 8.08. The molecule has 1 heterocycles. The Morgan fingerprint density at radius 1 is 1.00 bits per heavy atom. The number of ether oxygens (including phenoxy) is 1. The summed E-state index contributed by atoms with van der Waals surface area (Å²) in [4.78, 5) is 24.9. The van der Waals surface area contributed by atoms with E-state index in [9.17, 15) is 22.8 Å². The van der Waals surface area contributed by atoms with Crippen molar-refractivity contribution >= 4 is 11.8 Å². The molecule has 3 aromatic rings. The lowest BCUT2D eigenvalue weighted by atomic mass is 10.2. The van der Waals surface area contributed by atoms with E-state index in [1.54, 1.807) is 24.3 Å². The summed E-state index contributed by atoms with van der Waals surface area (Å²) in [5.41, 5.74) is 5.03. The van der Waals surface area contributed by atoms with Gasteiger partial charge in [0, 0.05) is 11.1 Å². The first-order chi connectivity index (χ1) is 13.8. The van der Waals surface area contributed by atoms with Gasteiger partial charge in [-0.25, -0.2) is 0 Å². The van der Waals surface area contributed by atoms with Gasteiger partial charge in [-0.2, -0.15) is 4.80 Å². The predicted molar refractivity (Wildman–Crippen MR) is 92.0 cm³/mol. The zero-order valence-electron chi connectivity index (χ0n) is 14.6. The molecule has 2 amide bonds. The van der Waals surface area contributed by atoms with Gasteiger partial charge in [-0.3, -0.25) is 20.4 Å². The van der Waals surface area contributed by atoms with Gasteiger partial charge < -0.3 is 4.74 Å². The molecule has 0 aliphatic rings. The molecule has 0 aliphatic heterocycles. The molecular weight excluding hydrogens is 393 g/mol. The van der Waals surface area contributed by atoms with E-state index in [0.717, 1.165) is 34.6 Å². The van der Waals surface area contributed by atoms with E-state index >= 15 is 0 Å². The number of nitrogens with one attached hydrogen (secondary N) is 2. The molecule has 0 radical (unpaired) electrons. The molecule has 2 N–H and O–H groups in total. The maximum absolute atomic E-state index is 12.1. The fourth-order valence-corrected chi connectivity index (χ4v) is 2.19. The van der Waals surface area contributed by atoms with Gasteiger partial charge in [0.2, 0.25) is 5.82 Å². The average Bonchev–Trinajstić information content (AvgIpc) is 3.14. The molecule has 1 aromatic heterocycles. The summed E-state index contributed by atoms with van der Waals surface area (Å²) in [7, 11) is 0. The van der Waals surface area contributed by atoms with Gasteiger partial charge >= 0.3 is 6.36 Å². The Morgan fingerprint density at radius 3 is 2.34 bits per heavy atom. The minimum absolute atomic E-state index is 0.0186. The van der Waals surface area contributed by atoms with Gasteiger partial charge in [0.05, 0.1) is 0 Å². The minimum Gasteiger partial charge on any atom is -0.406 e. The quantitative estimate of drug-likeness (QED) is 0.624. The fraction of sp³-hybridized carbons (Fsp3) is 0.118. The summed E-state index contributed by atoms with van der Waals surface area (Å²) >= 11 is 0. The van der Waals surface area contributed by atoms with Crippen LogP contribution in [0, 0.1) is 0 Å². The third-order valence-corrected chi connectivity index (χ3v) is 3.44. The molecule has 0 unspecified atom stereocenters. The summed E-state index contributed by atoms with van der Waals surface area (Å²) in [5, 5.41) is 11.7. The fourth-order valence-electron chi connectivity index (χ4n) is 2.19. The number of nitrogens with zero attached hydrogens (tertiary/aromatic N) is 4. The van der Waals surface area contributed by atoms with Crippen molar-refractivity contribution in [2.75, 3.05) is 0 Å². The van der Waals surface area contributed by atoms with Crippen LogP contribution in [0.4, 0.5) is 13.2 Å². The smallest absolute Gasteiger partial charge is 0.406 e. The van der Waals surface area contributed by atoms with Gasteiger partial charge in [0.1, 0.15) is 12.3 Å². The largest absolute Gasteiger partial charge is 0.573 e. The van der Waals surface area contributed by atoms with E-state index in [0.29, 0.717) is 5.82 Å². The third-order valence-electron chi connectivity index (χ3n) is 3.44. The number of carbonyl (C=O) groups excluding carboxylic acids is 2. The molecule has 0 bridgehead atoms. The van der Waals surface area contributed by atoms with Crippen LogP contribution >= 0.6 is 0 Å². The van der Waals surface area contributed by atoms with Crippen molar-refractivity contribution in [3.05, 3.63) is 60.2 Å². The number of rotatable bonds is 5. The minimum atomic E-state index is -4.83. The molecule has 150 valence electrons. The van der Waals surface area contributed by atoms with Crippen molar-refractivity contribution < 1.29 is 27.5 Å². The molecule has 2 aromatic carbocycles. The van der Waals surface area contributed by atoms with E-state index < -0.39 is 23.9 Å². The van der Waals surface area contributed by atoms with Crippen LogP contribution in [-0.4, -0.2) is 38.4 Å². The first kappa shape index (κ1) is 19.8. The lowest BCUT2D eigenvalue weighted by Gasteiger charge is -2.10. The summed E-state index contributed by atoms with van der Waals surface area (Å²) in [5.74, 6) is -1.49. The number of carbonyl (C=O) groups is 2. The van der Waals surface area contributed by atoms with Crippen LogP contribution in [0.3, 0.4) is 0 Å². The monoisotopic (exact) mass is 406 g/mol. The number of alkyl halides is 3. The van der Waals surface area contributed by atoms with E-state index in [4.69, 9.17) is 0 Å². The number of hydrazine groups is 1. The molecule has 0 fully saturated rings. The molecule has 0 spiro atoms. The van der Waals surface area contributed by atoms with E-state index in [1.807, 2.05) is 6.07 Å². The molecule has 0 saturated carbocycles. The van der Waals surface area contributed by atoms with E-state index in [-0.39, 0.29) is 12.1 Å². The molecular formula is C17H13F3N6O3. The van der Waals surface area contributed by atoms with Crippen molar-refractivity contribution in [1.29, 1.82) is 0 Å². The van der Waals surface area contributed by atoms with E-state index in [1.165, 1.54) is 0 Å². The third kappa shape index (κ3) is 5.76. The highest BCUT2D eigenvalue weighted by Crippen LogP contribution is 2.22. The molecule has 0 saturated heterocycles. The van der Waals surface area contributed by atoms with Crippen LogP contribution in [0.25, 0.3) is 11.4 Å². The summed E-state index contributed by atoms with van der Waals surface area (Å²) in [6.07, 6.45) is -4.83. The Bertz CT molecular complexity index is 990. The Balaban J connectivity index is 1.50. The van der Waals surface area contributed by atoms with Gasteiger partial charge in [0.25, 0.3) is 11.8 Å². The number of halogens is 3. The second-order valence-electron chi connectivity index (χ2n) is 5.58. The van der Waals surface area contributed by atoms with Gasteiger partial charge in [-0.1, -0.05) is 30.3 Å². The van der Waals surface area contributed by atoms with Crippen LogP contribution in [0.5, 0.6) is 5.75 Å². The number of hydrogen-bond acceptors (Lipinski definition) is 6. The Labute approximate surface area is 161 Å². The van der Waals surface area contributed by atoms with Gasteiger partial charge in [0.15, 0.2) is 0 Å². The van der Waals surface area contributed by atoms with Crippen LogP contribution in [-0.2, 0) is 11.3 Å². The second-order valence-corrected chi connectivity index (χ2v) is 5.58. The maximum atomic E-state index is 12.1. The van der Waals surface area contributed by atoms with Crippen molar-refractivity contribution in [1.82, 2.24) is 31.1 Å². The van der Waals surface area contributed by atoms with Crippen molar-refractivity contribution in [3.63, 3.8) is 0 Å². The Hall–Kier alpha value is -3.96. The van der Waals surface area contributed by atoms with Crippen LogP contribution in [0.1, 0.15) is 10.4 Å². The van der Waals surface area contributed by atoms with Crippen LogP contribution in [0.15, 0.2) is 54.6 Å². The average molecular weight is 406 g/mol. The van der Waals surface area contributed by atoms with Crippen LogP contribution in [0.2, 0.25) is 0 Å². The highest BCUT2D eigenvalue weighted by Gasteiger charge is 2.31. The lowest BCUT2D eigenvalue weighted by Crippen LogP contribution is -2.43. The highest BCUT2D eigenvalue weighted by atomic mass is 19.4. The summed E-state index contributed by atoms with van der Waals surface area (Å²) < 4.78 is 40.1. The van der Waals surface area contributed by atoms with Crippen LogP contribution < -0.4 is 15.6 Å². The van der Waals surface area contributed by atoms with Gasteiger partial charge in [-0.05, 0) is 29.5 Å².